The molecule has 1 aliphatic rings. The Morgan fingerprint density at radius 3 is 2.44 bits per heavy atom. The molecular weight excluding hydrogens is 444 g/mol. The minimum absolute atomic E-state index is 0.0574. The molecule has 1 heterocycles. The normalized spacial score (nSPS) is 15.5. The fraction of sp³-hybridized carbons (Fsp3) is 0.208. The van der Waals surface area contributed by atoms with Gasteiger partial charge >= 0.3 is 0 Å². The number of hydrogen-bond donors (Lipinski definition) is 1. The molecule has 1 unspecified atom stereocenters. The fourth-order valence-electron chi connectivity index (χ4n) is 3.35. The van der Waals surface area contributed by atoms with E-state index in [2.05, 4.69) is 17.4 Å². The van der Waals surface area contributed by atoms with E-state index in [9.17, 15) is 13.2 Å². The monoisotopic (exact) mass is 468 g/mol. The molecule has 1 N–H and O–H groups in total. The molecule has 3 aromatic rings. The molecule has 0 radical (unpaired) electrons. The lowest BCUT2D eigenvalue weighted by Crippen LogP contribution is -2.49. The van der Waals surface area contributed by atoms with Crippen molar-refractivity contribution in [1.82, 2.24) is 0 Å². The van der Waals surface area contributed by atoms with Crippen molar-refractivity contribution in [2.75, 3.05) is 21.9 Å². The molecular formula is C24H24N2O4S2. The van der Waals surface area contributed by atoms with Gasteiger partial charge in [0.15, 0.2) is 6.10 Å². The van der Waals surface area contributed by atoms with Crippen LogP contribution in [0.25, 0.3) is 0 Å². The van der Waals surface area contributed by atoms with Gasteiger partial charge in [0.05, 0.1) is 18.0 Å². The van der Waals surface area contributed by atoms with Gasteiger partial charge in [-0.1, -0.05) is 42.5 Å². The smallest absolute Gasteiger partial charge is 0.267 e. The van der Waals surface area contributed by atoms with Crippen molar-refractivity contribution in [2.45, 2.75) is 23.7 Å². The number of thioether (sulfide) groups is 1. The molecule has 0 spiro atoms. The lowest BCUT2D eigenvalue weighted by Gasteiger charge is -2.34. The minimum Gasteiger partial charge on any atom is -0.476 e. The van der Waals surface area contributed by atoms with Crippen LogP contribution in [0.1, 0.15) is 12.5 Å². The molecule has 1 aliphatic heterocycles. The lowest BCUT2D eigenvalue weighted by atomic mass is 10.2. The van der Waals surface area contributed by atoms with E-state index < -0.39 is 16.1 Å². The van der Waals surface area contributed by atoms with Crippen LogP contribution in [0.2, 0.25) is 0 Å². The molecule has 6 nitrogen and oxygen atoms in total. The van der Waals surface area contributed by atoms with Gasteiger partial charge in [-0.2, -0.15) is 0 Å². The fourth-order valence-corrected chi connectivity index (χ4v) is 5.35. The van der Waals surface area contributed by atoms with Gasteiger partial charge in [0, 0.05) is 16.3 Å². The second-order valence-electron chi connectivity index (χ2n) is 7.29. The van der Waals surface area contributed by atoms with E-state index in [-0.39, 0.29) is 18.2 Å². The van der Waals surface area contributed by atoms with E-state index in [1.807, 2.05) is 42.5 Å². The molecule has 166 valence electrons. The van der Waals surface area contributed by atoms with Gasteiger partial charge in [-0.05, 0) is 48.9 Å². The number of ether oxygens (including phenoxy) is 1. The summed E-state index contributed by atoms with van der Waals surface area (Å²) < 4.78 is 32.3. The number of anilines is 2. The first-order chi connectivity index (χ1) is 15.5. The van der Waals surface area contributed by atoms with E-state index in [1.54, 1.807) is 43.0 Å². The molecule has 0 saturated carbocycles. The molecule has 8 heteroatoms. The van der Waals surface area contributed by atoms with Gasteiger partial charge in [-0.3, -0.25) is 9.10 Å². The zero-order valence-electron chi connectivity index (χ0n) is 17.6. The quantitative estimate of drug-likeness (QED) is 0.516. The first-order valence-electron chi connectivity index (χ1n) is 10.3. The summed E-state index contributed by atoms with van der Waals surface area (Å²) in [6.45, 7) is 1.52. The summed E-state index contributed by atoms with van der Waals surface area (Å²) in [5, 5.41) is 2.84. The Morgan fingerprint density at radius 2 is 1.72 bits per heavy atom. The van der Waals surface area contributed by atoms with Crippen LogP contribution in [-0.4, -0.2) is 32.7 Å². The molecule has 3 aromatic carbocycles. The van der Waals surface area contributed by atoms with Gasteiger partial charge < -0.3 is 10.1 Å². The Morgan fingerprint density at radius 1 is 1.03 bits per heavy atom. The second kappa shape index (κ2) is 9.67. The number of carbonyl (C=O) groups excluding carboxylic acids is 1. The highest BCUT2D eigenvalue weighted by Crippen LogP contribution is 2.35. The first kappa shape index (κ1) is 22.2. The molecule has 1 amide bonds. The highest BCUT2D eigenvalue weighted by atomic mass is 32.2. The first-order valence-corrected chi connectivity index (χ1v) is 12.9. The summed E-state index contributed by atoms with van der Waals surface area (Å²) in [7, 11) is -3.54. The van der Waals surface area contributed by atoms with E-state index in [4.69, 9.17) is 4.74 Å². The van der Waals surface area contributed by atoms with Crippen LogP contribution < -0.4 is 14.4 Å². The molecule has 4 rings (SSSR count). The number of nitrogens with one attached hydrogen (secondary N) is 1. The molecule has 0 fully saturated rings. The zero-order chi connectivity index (χ0) is 22.6. The van der Waals surface area contributed by atoms with Crippen LogP contribution in [-0.2, 0) is 20.6 Å². The number of para-hydroxylation sites is 2. The highest BCUT2D eigenvalue weighted by Gasteiger charge is 2.35. The van der Waals surface area contributed by atoms with E-state index in [1.165, 1.54) is 9.20 Å². The molecule has 1 atom stereocenters. The predicted molar refractivity (Wildman–Crippen MR) is 129 cm³/mol. The molecule has 0 bridgehead atoms. The largest absolute Gasteiger partial charge is 0.476 e. The summed E-state index contributed by atoms with van der Waals surface area (Å²) in [5.74, 6) is 0.759. The van der Waals surface area contributed by atoms with Gasteiger partial charge in [0.1, 0.15) is 5.75 Å². The minimum atomic E-state index is -3.54. The molecule has 0 aromatic heterocycles. The third-order valence-corrected chi connectivity index (χ3v) is 7.93. The number of nitrogens with zero attached hydrogens (tertiary/aromatic N) is 1. The highest BCUT2D eigenvalue weighted by molar-refractivity contribution is 7.98. The van der Waals surface area contributed by atoms with Crippen LogP contribution in [0.3, 0.4) is 0 Å². The number of rotatable bonds is 7. The number of carbonyl (C=O) groups is 1. The summed E-state index contributed by atoms with van der Waals surface area (Å²) in [4.78, 5) is 14.1. The average Bonchev–Trinajstić information content (AvgIpc) is 2.83. The maximum absolute atomic E-state index is 12.9. The number of sulfonamides is 1. The van der Waals surface area contributed by atoms with Crippen LogP contribution >= 0.6 is 11.8 Å². The van der Waals surface area contributed by atoms with Gasteiger partial charge in [0.2, 0.25) is 10.0 Å². The van der Waals surface area contributed by atoms with Crippen molar-refractivity contribution in [1.29, 1.82) is 0 Å². The van der Waals surface area contributed by atoms with Crippen LogP contribution in [0.5, 0.6) is 5.75 Å². The third kappa shape index (κ3) is 5.08. The van der Waals surface area contributed by atoms with Gasteiger partial charge in [0.25, 0.3) is 5.91 Å². The SMILES string of the molecule is CCS(=O)(=O)N1CC(C(=O)Nc2ccc(CSc3ccccc3)cc2)Oc2ccccc21. The van der Waals surface area contributed by atoms with E-state index >= 15 is 0 Å². The second-order valence-corrected chi connectivity index (χ2v) is 10.5. The Kier molecular flexibility index (Phi) is 6.72. The van der Waals surface area contributed by atoms with Crippen molar-refractivity contribution in [2.24, 2.45) is 0 Å². The number of fused-ring (bicyclic) bond motifs is 1. The summed E-state index contributed by atoms with van der Waals surface area (Å²) >= 11 is 1.74. The Labute approximate surface area is 192 Å². The maximum atomic E-state index is 12.9. The molecule has 32 heavy (non-hydrogen) atoms. The maximum Gasteiger partial charge on any atom is 0.267 e. The molecule has 0 aliphatic carbocycles. The summed E-state index contributed by atoms with van der Waals surface area (Å²) in [6, 6.07) is 24.6. The molecule has 0 saturated heterocycles. The topological polar surface area (TPSA) is 75.7 Å². The van der Waals surface area contributed by atoms with Crippen LogP contribution in [0.4, 0.5) is 11.4 Å². The van der Waals surface area contributed by atoms with Crippen molar-refractivity contribution in [3.05, 3.63) is 84.4 Å². The van der Waals surface area contributed by atoms with Crippen LogP contribution in [0.15, 0.2) is 83.8 Å². The number of benzene rings is 3. The number of hydrogen-bond acceptors (Lipinski definition) is 5. The summed E-state index contributed by atoms with van der Waals surface area (Å²) in [5.41, 5.74) is 2.23. The van der Waals surface area contributed by atoms with Crippen molar-refractivity contribution < 1.29 is 17.9 Å². The van der Waals surface area contributed by atoms with Crippen molar-refractivity contribution in [3.8, 4) is 5.75 Å². The number of amides is 1. The Bertz CT molecular complexity index is 1180. The predicted octanol–water partition coefficient (Wildman–Crippen LogP) is 4.53. The Hall–Kier alpha value is -2.97. The standard InChI is InChI=1S/C24H24N2O4S2/c1-2-32(28,29)26-16-23(30-22-11-7-6-10-21(22)26)24(27)25-19-14-12-18(13-15-19)17-31-20-8-4-3-5-9-20/h3-15,23H,2,16-17H2,1H3,(H,25,27). The average molecular weight is 469 g/mol. The van der Waals surface area contributed by atoms with Crippen molar-refractivity contribution >= 4 is 39.1 Å². The summed E-state index contributed by atoms with van der Waals surface area (Å²) in [6.07, 6.45) is -0.945. The lowest BCUT2D eigenvalue weighted by molar-refractivity contribution is -0.122. The van der Waals surface area contributed by atoms with E-state index in [0.717, 1.165) is 11.3 Å². The van der Waals surface area contributed by atoms with E-state index in [0.29, 0.717) is 17.1 Å². The zero-order valence-corrected chi connectivity index (χ0v) is 19.2. The Balaban J connectivity index is 1.42. The van der Waals surface area contributed by atoms with Crippen molar-refractivity contribution in [3.63, 3.8) is 0 Å². The van der Waals surface area contributed by atoms with Gasteiger partial charge in [-0.15, -0.1) is 11.8 Å². The van der Waals surface area contributed by atoms with Crippen LogP contribution in [0, 0.1) is 0 Å². The third-order valence-electron chi connectivity index (χ3n) is 5.10. The van der Waals surface area contributed by atoms with Gasteiger partial charge in [-0.25, -0.2) is 8.42 Å².